The van der Waals surface area contributed by atoms with E-state index >= 15 is 0 Å². The Bertz CT molecular complexity index is 535. The van der Waals surface area contributed by atoms with Crippen LogP contribution in [0.3, 0.4) is 0 Å². The molecule has 0 aliphatic heterocycles. The van der Waals surface area contributed by atoms with E-state index in [9.17, 15) is 0 Å². The molecule has 92 valence electrons. The molecule has 2 N–H and O–H groups in total. The van der Waals surface area contributed by atoms with Gasteiger partial charge in [-0.1, -0.05) is 25.2 Å². The number of fused-ring (bicyclic) bond motifs is 1. The molecule has 2 aromatic rings. The van der Waals surface area contributed by atoms with Crippen LogP contribution in [0.4, 0.5) is 0 Å². The standard InChI is InChI=1S/C11H17N5S/c1-3-11(12,4-2)9-15-16-8(7-5-6-7)13-14-10(16)17-9/h7H,3-6,12H2,1-2H3. The molecule has 0 spiro atoms. The van der Waals surface area contributed by atoms with Crippen molar-refractivity contribution in [1.82, 2.24) is 19.8 Å². The van der Waals surface area contributed by atoms with Crippen molar-refractivity contribution in [2.24, 2.45) is 5.73 Å². The molecule has 0 radical (unpaired) electrons. The molecule has 0 aromatic carbocycles. The van der Waals surface area contributed by atoms with Crippen LogP contribution in [0.15, 0.2) is 0 Å². The predicted molar refractivity (Wildman–Crippen MR) is 67.1 cm³/mol. The Kier molecular flexibility index (Phi) is 2.45. The Morgan fingerprint density at radius 1 is 1.35 bits per heavy atom. The molecular weight excluding hydrogens is 234 g/mol. The molecule has 1 aliphatic carbocycles. The van der Waals surface area contributed by atoms with Crippen molar-refractivity contribution in [1.29, 1.82) is 0 Å². The van der Waals surface area contributed by atoms with E-state index in [1.165, 1.54) is 12.8 Å². The molecule has 1 saturated carbocycles. The van der Waals surface area contributed by atoms with Crippen molar-refractivity contribution in [3.8, 4) is 0 Å². The highest BCUT2D eigenvalue weighted by atomic mass is 32.1. The first-order valence-corrected chi connectivity index (χ1v) is 7.01. The van der Waals surface area contributed by atoms with Gasteiger partial charge in [0.15, 0.2) is 5.82 Å². The van der Waals surface area contributed by atoms with Gasteiger partial charge in [0, 0.05) is 5.92 Å². The minimum absolute atomic E-state index is 0.313. The Morgan fingerprint density at radius 3 is 2.65 bits per heavy atom. The molecule has 0 unspecified atom stereocenters. The van der Waals surface area contributed by atoms with Crippen LogP contribution < -0.4 is 5.73 Å². The smallest absolute Gasteiger partial charge is 0.234 e. The summed E-state index contributed by atoms with van der Waals surface area (Å²) in [7, 11) is 0. The molecule has 0 saturated heterocycles. The van der Waals surface area contributed by atoms with Crippen LogP contribution in [0.1, 0.15) is 56.3 Å². The van der Waals surface area contributed by atoms with Gasteiger partial charge < -0.3 is 5.73 Å². The third kappa shape index (κ3) is 1.66. The number of rotatable bonds is 4. The summed E-state index contributed by atoms with van der Waals surface area (Å²) in [6.07, 6.45) is 4.21. The predicted octanol–water partition coefficient (Wildman–Crippen LogP) is 2.04. The number of hydrogen-bond donors (Lipinski definition) is 1. The van der Waals surface area contributed by atoms with E-state index in [4.69, 9.17) is 5.73 Å². The molecule has 6 heteroatoms. The zero-order valence-electron chi connectivity index (χ0n) is 10.2. The molecule has 2 aromatic heterocycles. The third-order valence-electron chi connectivity index (χ3n) is 3.65. The number of nitrogens with two attached hydrogens (primary N) is 1. The van der Waals surface area contributed by atoms with E-state index in [1.807, 2.05) is 4.52 Å². The number of nitrogens with zero attached hydrogens (tertiary/aromatic N) is 4. The van der Waals surface area contributed by atoms with Crippen LogP contribution in [0, 0.1) is 0 Å². The highest BCUT2D eigenvalue weighted by Gasteiger charge is 2.32. The third-order valence-corrected chi connectivity index (χ3v) is 4.76. The lowest BCUT2D eigenvalue weighted by molar-refractivity contribution is 0.405. The summed E-state index contributed by atoms with van der Waals surface area (Å²) in [5, 5.41) is 14.0. The largest absolute Gasteiger partial charge is 0.319 e. The number of aromatic nitrogens is 4. The molecule has 1 fully saturated rings. The SMILES string of the molecule is CCC(N)(CC)c1nn2c(C3CC3)nnc2s1. The zero-order valence-corrected chi connectivity index (χ0v) is 11.0. The fourth-order valence-corrected chi connectivity index (χ4v) is 3.07. The van der Waals surface area contributed by atoms with Gasteiger partial charge in [0.05, 0.1) is 5.54 Å². The van der Waals surface area contributed by atoms with Gasteiger partial charge in [-0.3, -0.25) is 0 Å². The molecule has 5 nitrogen and oxygen atoms in total. The van der Waals surface area contributed by atoms with Gasteiger partial charge in [-0.25, -0.2) is 0 Å². The lowest BCUT2D eigenvalue weighted by atomic mass is 9.95. The average Bonchev–Trinajstić information content (AvgIpc) is 2.97. The highest BCUT2D eigenvalue weighted by molar-refractivity contribution is 7.16. The lowest BCUT2D eigenvalue weighted by Gasteiger charge is -2.22. The maximum Gasteiger partial charge on any atom is 0.234 e. The van der Waals surface area contributed by atoms with Gasteiger partial charge in [-0.15, -0.1) is 10.2 Å². The number of hydrogen-bond acceptors (Lipinski definition) is 5. The van der Waals surface area contributed by atoms with E-state index in [0.717, 1.165) is 28.6 Å². The molecule has 17 heavy (non-hydrogen) atoms. The van der Waals surface area contributed by atoms with Gasteiger partial charge in [-0.05, 0) is 25.7 Å². The maximum absolute atomic E-state index is 6.37. The lowest BCUT2D eigenvalue weighted by Crippen LogP contribution is -2.35. The van der Waals surface area contributed by atoms with E-state index in [0.29, 0.717) is 5.92 Å². The second-order valence-electron chi connectivity index (χ2n) is 4.80. The van der Waals surface area contributed by atoms with Crippen LogP contribution in [-0.2, 0) is 5.54 Å². The Balaban J connectivity index is 2.07. The van der Waals surface area contributed by atoms with Crippen LogP contribution >= 0.6 is 11.3 Å². The molecule has 0 amide bonds. The van der Waals surface area contributed by atoms with Gasteiger partial charge in [0.1, 0.15) is 5.01 Å². The molecule has 1 aliphatic rings. The first-order valence-electron chi connectivity index (χ1n) is 6.19. The first-order chi connectivity index (χ1) is 8.18. The van der Waals surface area contributed by atoms with Crippen molar-refractivity contribution < 1.29 is 0 Å². The fraction of sp³-hybridized carbons (Fsp3) is 0.727. The topological polar surface area (TPSA) is 69.1 Å². The van der Waals surface area contributed by atoms with E-state index in [1.54, 1.807) is 11.3 Å². The van der Waals surface area contributed by atoms with Crippen LogP contribution in [0.5, 0.6) is 0 Å². The van der Waals surface area contributed by atoms with Crippen LogP contribution in [-0.4, -0.2) is 19.8 Å². The average molecular weight is 251 g/mol. The van der Waals surface area contributed by atoms with Gasteiger partial charge in [-0.2, -0.15) is 9.61 Å². The van der Waals surface area contributed by atoms with E-state index in [-0.39, 0.29) is 5.54 Å². The van der Waals surface area contributed by atoms with Gasteiger partial charge in [0.2, 0.25) is 4.96 Å². The van der Waals surface area contributed by atoms with Crippen molar-refractivity contribution >= 4 is 16.3 Å². The van der Waals surface area contributed by atoms with Crippen molar-refractivity contribution in [2.75, 3.05) is 0 Å². The molecule has 0 bridgehead atoms. The normalized spacial score (nSPS) is 16.9. The Morgan fingerprint density at radius 2 is 2.06 bits per heavy atom. The fourth-order valence-electron chi connectivity index (χ4n) is 1.98. The monoisotopic (exact) mass is 251 g/mol. The minimum Gasteiger partial charge on any atom is -0.319 e. The van der Waals surface area contributed by atoms with Crippen LogP contribution in [0.2, 0.25) is 0 Å². The minimum atomic E-state index is -0.313. The summed E-state index contributed by atoms with van der Waals surface area (Å²) in [6, 6.07) is 0. The van der Waals surface area contributed by atoms with Crippen LogP contribution in [0.25, 0.3) is 4.96 Å². The van der Waals surface area contributed by atoms with Crippen molar-refractivity contribution in [2.45, 2.75) is 51.0 Å². The maximum atomic E-state index is 6.37. The summed E-state index contributed by atoms with van der Waals surface area (Å²) in [6.45, 7) is 4.21. The quantitative estimate of drug-likeness (QED) is 0.902. The molecular formula is C11H17N5S. The summed E-state index contributed by atoms with van der Waals surface area (Å²) in [5.41, 5.74) is 6.06. The summed E-state index contributed by atoms with van der Waals surface area (Å²) < 4.78 is 1.89. The highest BCUT2D eigenvalue weighted by Crippen LogP contribution is 2.40. The van der Waals surface area contributed by atoms with Crippen molar-refractivity contribution in [3.05, 3.63) is 10.8 Å². The Hall–Kier alpha value is -1.01. The van der Waals surface area contributed by atoms with E-state index < -0.39 is 0 Å². The van der Waals surface area contributed by atoms with Gasteiger partial charge >= 0.3 is 0 Å². The second-order valence-corrected chi connectivity index (χ2v) is 5.75. The first kappa shape index (κ1) is 11.1. The molecule has 3 rings (SSSR count). The summed E-state index contributed by atoms with van der Waals surface area (Å²) in [5.74, 6) is 1.58. The zero-order chi connectivity index (χ0) is 12.0. The second kappa shape index (κ2) is 3.74. The molecule has 0 atom stereocenters. The van der Waals surface area contributed by atoms with E-state index in [2.05, 4.69) is 29.1 Å². The van der Waals surface area contributed by atoms with Crippen molar-refractivity contribution in [3.63, 3.8) is 0 Å². The van der Waals surface area contributed by atoms with Gasteiger partial charge in [0.25, 0.3) is 0 Å². The summed E-state index contributed by atoms with van der Waals surface area (Å²) >= 11 is 1.57. The summed E-state index contributed by atoms with van der Waals surface area (Å²) in [4.78, 5) is 0.874. The molecule has 2 heterocycles. The Labute approximate surface area is 104 Å².